The van der Waals surface area contributed by atoms with Crippen LogP contribution in [0.5, 0.6) is 0 Å². The molecule has 3 rings (SSSR count). The predicted molar refractivity (Wildman–Crippen MR) is 84.4 cm³/mol. The van der Waals surface area contributed by atoms with Crippen molar-refractivity contribution in [3.05, 3.63) is 58.1 Å². The van der Waals surface area contributed by atoms with Crippen molar-refractivity contribution in [2.45, 2.75) is 31.5 Å². The Hall–Kier alpha value is -2.69. The van der Waals surface area contributed by atoms with Crippen LogP contribution in [0.25, 0.3) is 0 Å². The van der Waals surface area contributed by atoms with Crippen LogP contribution in [0.15, 0.2) is 35.3 Å². The van der Waals surface area contributed by atoms with Gasteiger partial charge in [0.15, 0.2) is 17.9 Å². The van der Waals surface area contributed by atoms with E-state index >= 15 is 0 Å². The van der Waals surface area contributed by atoms with Gasteiger partial charge in [-0.3, -0.25) is 9.36 Å². The topological polar surface area (TPSA) is 114 Å². The van der Waals surface area contributed by atoms with Crippen LogP contribution in [0.4, 0.5) is 14.6 Å². The summed E-state index contributed by atoms with van der Waals surface area (Å²) in [4.78, 5) is 27.6. The van der Waals surface area contributed by atoms with Crippen LogP contribution in [-0.4, -0.2) is 44.0 Å². The van der Waals surface area contributed by atoms with Gasteiger partial charge in [0.1, 0.15) is 18.0 Å². The van der Waals surface area contributed by atoms with Crippen LogP contribution in [0.3, 0.4) is 0 Å². The van der Waals surface area contributed by atoms with Crippen LogP contribution in [0, 0.1) is 11.6 Å². The third-order valence-corrected chi connectivity index (χ3v) is 4.00. The minimum atomic E-state index is -1.44. The van der Waals surface area contributed by atoms with Gasteiger partial charge in [-0.15, -0.1) is 0 Å². The van der Waals surface area contributed by atoms with Crippen molar-refractivity contribution in [2.75, 3.05) is 5.32 Å². The van der Waals surface area contributed by atoms with Gasteiger partial charge < -0.3 is 20.3 Å². The van der Waals surface area contributed by atoms with Crippen LogP contribution in [0.1, 0.15) is 23.5 Å². The van der Waals surface area contributed by atoms with E-state index in [4.69, 9.17) is 4.74 Å². The number of anilines is 1. The van der Waals surface area contributed by atoms with E-state index in [9.17, 15) is 28.6 Å². The zero-order valence-corrected chi connectivity index (χ0v) is 13.5. The molecule has 8 nitrogen and oxygen atoms in total. The van der Waals surface area contributed by atoms with E-state index in [1.165, 1.54) is 19.1 Å². The van der Waals surface area contributed by atoms with Crippen LogP contribution in [0.2, 0.25) is 0 Å². The maximum absolute atomic E-state index is 14.2. The molecule has 1 amide bonds. The third-order valence-electron chi connectivity index (χ3n) is 4.00. The summed E-state index contributed by atoms with van der Waals surface area (Å²) in [6.45, 7) is 1.49. The first-order chi connectivity index (χ1) is 12.3. The summed E-state index contributed by atoms with van der Waals surface area (Å²) >= 11 is 0. The zero-order valence-electron chi connectivity index (χ0n) is 13.5. The van der Waals surface area contributed by atoms with Crippen molar-refractivity contribution >= 4 is 11.7 Å². The summed E-state index contributed by atoms with van der Waals surface area (Å²) in [5.41, 5.74) is -0.950. The fourth-order valence-corrected chi connectivity index (χ4v) is 2.55. The van der Waals surface area contributed by atoms with Gasteiger partial charge in [0, 0.05) is 5.56 Å². The molecule has 1 aromatic carbocycles. The number of aromatic nitrogens is 2. The number of benzene rings is 1. The van der Waals surface area contributed by atoms with Crippen molar-refractivity contribution in [1.29, 1.82) is 0 Å². The zero-order chi connectivity index (χ0) is 19.0. The number of nitrogens with one attached hydrogen (secondary N) is 1. The molecule has 3 N–H and O–H groups in total. The van der Waals surface area contributed by atoms with E-state index in [-0.39, 0.29) is 5.56 Å². The lowest BCUT2D eigenvalue weighted by molar-refractivity contribution is -0.0355. The predicted octanol–water partition coefficient (Wildman–Crippen LogP) is 0.413. The summed E-state index contributed by atoms with van der Waals surface area (Å²) < 4.78 is 33.1. The molecule has 0 bridgehead atoms. The first kappa shape index (κ1) is 18.1. The normalized spacial score (nSPS) is 25.3. The van der Waals surface area contributed by atoms with Crippen LogP contribution in [-0.2, 0) is 4.74 Å². The number of carbonyl (C=O) groups is 1. The molecule has 2 aromatic rings. The number of rotatable bonds is 3. The van der Waals surface area contributed by atoms with E-state index in [0.717, 1.165) is 12.1 Å². The average Bonchev–Trinajstić information content (AvgIpc) is 2.85. The Morgan fingerprint density at radius 2 is 1.88 bits per heavy atom. The van der Waals surface area contributed by atoms with Gasteiger partial charge in [0.25, 0.3) is 5.91 Å². The minimum absolute atomic E-state index is 0.0447. The molecular weight excluding hydrogens is 352 g/mol. The Morgan fingerprint density at radius 1 is 1.23 bits per heavy atom. The van der Waals surface area contributed by atoms with Crippen LogP contribution < -0.4 is 11.0 Å². The van der Waals surface area contributed by atoms with Gasteiger partial charge in [-0.05, 0) is 31.2 Å². The Morgan fingerprint density at radius 3 is 2.46 bits per heavy atom. The number of ether oxygens (including phenoxy) is 1. The van der Waals surface area contributed by atoms with E-state index in [2.05, 4.69) is 10.3 Å². The van der Waals surface area contributed by atoms with Gasteiger partial charge in [0.2, 0.25) is 0 Å². The average molecular weight is 367 g/mol. The SMILES string of the molecule is C[C@H]1O[C@@H](n2cc(F)c(NC(=O)c3ccc(F)cc3)nc2=O)[C@H](O)[C@@H]1O. The molecule has 1 aromatic heterocycles. The van der Waals surface area contributed by atoms with Crippen LogP contribution >= 0.6 is 0 Å². The monoisotopic (exact) mass is 367 g/mol. The molecule has 1 saturated heterocycles. The number of hydrogen-bond acceptors (Lipinski definition) is 6. The summed E-state index contributed by atoms with van der Waals surface area (Å²) in [5, 5.41) is 21.7. The fraction of sp³-hybridized carbons (Fsp3) is 0.312. The quantitative estimate of drug-likeness (QED) is 0.724. The molecule has 0 unspecified atom stereocenters. The summed E-state index contributed by atoms with van der Waals surface area (Å²) in [6.07, 6.45) is -4.04. The van der Waals surface area contributed by atoms with Crippen molar-refractivity contribution < 1.29 is 28.5 Å². The van der Waals surface area contributed by atoms with E-state index in [1.807, 2.05) is 0 Å². The highest BCUT2D eigenvalue weighted by Gasteiger charge is 2.42. The maximum atomic E-state index is 14.2. The molecule has 4 atom stereocenters. The lowest BCUT2D eigenvalue weighted by atomic mass is 10.1. The number of aliphatic hydroxyl groups is 2. The molecule has 2 heterocycles. The minimum Gasteiger partial charge on any atom is -0.388 e. The van der Waals surface area contributed by atoms with Gasteiger partial charge in [-0.1, -0.05) is 0 Å². The van der Waals surface area contributed by atoms with Crippen molar-refractivity contribution in [3.63, 3.8) is 0 Å². The number of aliphatic hydroxyl groups excluding tert-OH is 2. The smallest absolute Gasteiger partial charge is 0.351 e. The van der Waals surface area contributed by atoms with Crippen molar-refractivity contribution in [3.8, 4) is 0 Å². The number of hydrogen-bond donors (Lipinski definition) is 3. The molecule has 138 valence electrons. The van der Waals surface area contributed by atoms with Gasteiger partial charge >= 0.3 is 5.69 Å². The summed E-state index contributed by atoms with van der Waals surface area (Å²) in [7, 11) is 0. The lowest BCUT2D eigenvalue weighted by Crippen LogP contribution is -2.36. The molecule has 1 aliphatic rings. The highest BCUT2D eigenvalue weighted by atomic mass is 19.1. The molecule has 1 aliphatic heterocycles. The molecule has 10 heteroatoms. The summed E-state index contributed by atoms with van der Waals surface area (Å²) in [5.74, 6) is -3.00. The van der Waals surface area contributed by atoms with E-state index in [0.29, 0.717) is 10.8 Å². The first-order valence-corrected chi connectivity index (χ1v) is 7.65. The Kier molecular flexibility index (Phi) is 4.81. The standard InChI is InChI=1S/C16H15F2N3O5/c1-7-11(22)12(23)15(26-7)21-6-10(18)13(20-16(21)25)19-14(24)8-2-4-9(17)5-3-8/h2-7,11-12,15,22-23H,1H3,(H,19,20,24,25)/t7-,11-,12-,15-/m1/s1. The van der Waals surface area contributed by atoms with E-state index in [1.54, 1.807) is 0 Å². The number of nitrogens with zero attached hydrogens (tertiary/aromatic N) is 2. The second-order valence-corrected chi connectivity index (χ2v) is 5.80. The second kappa shape index (κ2) is 6.90. The van der Waals surface area contributed by atoms with Crippen molar-refractivity contribution in [2.24, 2.45) is 0 Å². The molecule has 0 spiro atoms. The van der Waals surface area contributed by atoms with Gasteiger partial charge in [-0.25, -0.2) is 13.6 Å². The van der Waals surface area contributed by atoms with E-state index < -0.39 is 53.6 Å². The molecular formula is C16H15F2N3O5. The first-order valence-electron chi connectivity index (χ1n) is 7.65. The number of amides is 1. The molecule has 0 aliphatic carbocycles. The highest BCUT2D eigenvalue weighted by molar-refractivity contribution is 6.03. The molecule has 0 saturated carbocycles. The Labute approximate surface area is 145 Å². The molecule has 26 heavy (non-hydrogen) atoms. The molecule has 0 radical (unpaired) electrons. The highest BCUT2D eigenvalue weighted by Crippen LogP contribution is 2.28. The largest absolute Gasteiger partial charge is 0.388 e. The second-order valence-electron chi connectivity index (χ2n) is 5.80. The summed E-state index contributed by atoms with van der Waals surface area (Å²) in [6, 6.07) is 4.49. The van der Waals surface area contributed by atoms with Gasteiger partial charge in [0.05, 0.1) is 12.3 Å². The Bertz CT molecular complexity index is 886. The maximum Gasteiger partial charge on any atom is 0.351 e. The number of carbonyl (C=O) groups excluding carboxylic acids is 1. The van der Waals surface area contributed by atoms with Crippen molar-refractivity contribution in [1.82, 2.24) is 9.55 Å². The lowest BCUT2D eigenvalue weighted by Gasteiger charge is -2.17. The molecule has 1 fully saturated rings. The fourth-order valence-electron chi connectivity index (χ4n) is 2.55. The number of halogens is 2. The third kappa shape index (κ3) is 3.34. The Balaban J connectivity index is 1.85. The van der Waals surface area contributed by atoms with Gasteiger partial charge in [-0.2, -0.15) is 4.98 Å².